The van der Waals surface area contributed by atoms with E-state index in [4.69, 9.17) is 33.2 Å². The first-order valence-electron chi connectivity index (χ1n) is 16.5. The molecule has 0 atom stereocenters. The van der Waals surface area contributed by atoms with Crippen molar-refractivity contribution in [3.63, 3.8) is 0 Å². The molecule has 1 amide bonds. The molecule has 2 aromatic carbocycles. The quantitative estimate of drug-likeness (QED) is 0.0963. The molecule has 0 spiro atoms. The summed E-state index contributed by atoms with van der Waals surface area (Å²) in [6.07, 6.45) is 4.53. The molecule has 1 fully saturated rings. The van der Waals surface area contributed by atoms with Gasteiger partial charge in [0.25, 0.3) is 0 Å². The first-order chi connectivity index (χ1) is 23.4. The number of carbonyl (C=O) groups is 2. The average Bonchev–Trinajstić information content (AvgIpc) is 3.11. The molecular formula is C37H52N2O9. The molecule has 0 radical (unpaired) electrons. The van der Waals surface area contributed by atoms with Gasteiger partial charge in [-0.3, -0.25) is 14.5 Å². The van der Waals surface area contributed by atoms with Gasteiger partial charge in [-0.1, -0.05) is 32.2 Å². The van der Waals surface area contributed by atoms with Crippen molar-refractivity contribution in [1.82, 2.24) is 9.80 Å². The molecule has 264 valence electrons. The van der Waals surface area contributed by atoms with Crippen molar-refractivity contribution >= 4 is 11.7 Å². The van der Waals surface area contributed by atoms with Crippen LogP contribution in [0.25, 0.3) is 0 Å². The van der Waals surface area contributed by atoms with Crippen molar-refractivity contribution in [2.24, 2.45) is 0 Å². The van der Waals surface area contributed by atoms with Crippen molar-refractivity contribution in [1.29, 1.82) is 0 Å². The number of ether oxygens (including phenoxy) is 7. The van der Waals surface area contributed by atoms with Crippen LogP contribution in [0.15, 0.2) is 49.6 Å². The second-order valence-electron chi connectivity index (χ2n) is 11.2. The van der Waals surface area contributed by atoms with Gasteiger partial charge in [-0.15, -0.1) is 0 Å². The summed E-state index contributed by atoms with van der Waals surface area (Å²) in [6, 6.07) is 6.83. The molecule has 48 heavy (non-hydrogen) atoms. The number of morpholine rings is 1. The molecule has 1 heterocycles. The highest BCUT2D eigenvalue weighted by atomic mass is 16.5. The fraction of sp³-hybridized carbons (Fsp3) is 0.514. The molecule has 1 saturated heterocycles. The summed E-state index contributed by atoms with van der Waals surface area (Å²) in [4.78, 5) is 32.4. The summed E-state index contributed by atoms with van der Waals surface area (Å²) >= 11 is 0. The van der Waals surface area contributed by atoms with Crippen LogP contribution in [-0.2, 0) is 31.8 Å². The Bertz CT molecular complexity index is 1330. The van der Waals surface area contributed by atoms with Crippen LogP contribution in [-0.4, -0.2) is 122 Å². The van der Waals surface area contributed by atoms with Crippen LogP contribution in [0.5, 0.6) is 23.0 Å². The lowest BCUT2D eigenvalue weighted by Gasteiger charge is -2.26. The molecule has 0 saturated carbocycles. The average molecular weight is 669 g/mol. The molecule has 1 aliphatic rings. The Balaban J connectivity index is 2.02. The number of ketones is 1. The van der Waals surface area contributed by atoms with Gasteiger partial charge in [0.15, 0.2) is 17.3 Å². The maximum absolute atomic E-state index is 14.5. The zero-order valence-electron chi connectivity index (χ0n) is 29.1. The van der Waals surface area contributed by atoms with Crippen LogP contribution in [0.2, 0.25) is 0 Å². The van der Waals surface area contributed by atoms with Crippen molar-refractivity contribution in [3.8, 4) is 23.0 Å². The first-order valence-corrected chi connectivity index (χ1v) is 16.5. The van der Waals surface area contributed by atoms with E-state index in [2.05, 4.69) is 18.1 Å². The first kappa shape index (κ1) is 38.5. The van der Waals surface area contributed by atoms with Crippen LogP contribution in [0.4, 0.5) is 0 Å². The summed E-state index contributed by atoms with van der Waals surface area (Å²) in [5.74, 6) is 1.30. The summed E-state index contributed by atoms with van der Waals surface area (Å²) in [5, 5.41) is 0. The molecule has 0 bridgehead atoms. The van der Waals surface area contributed by atoms with Crippen LogP contribution in [0, 0.1) is 0 Å². The van der Waals surface area contributed by atoms with Gasteiger partial charge in [0.1, 0.15) is 24.7 Å². The predicted molar refractivity (Wildman–Crippen MR) is 185 cm³/mol. The van der Waals surface area contributed by atoms with Crippen molar-refractivity contribution in [2.75, 3.05) is 100 Å². The number of rotatable bonds is 23. The standard InChI is InChI=1S/C37H52N2O9/c1-7-18-46-32-27-34(47-19-8-2)36(30(29(32)9-3)26-35(40)39(16-21-42-4)17-22-43-5)37(41)28-11-12-31(33(25-28)44-6)48-20-10-13-38-14-23-45-24-15-38/h7-8,11-12,25,27H,1-2,9-10,13-24,26H2,3-6H3. The summed E-state index contributed by atoms with van der Waals surface area (Å²) in [7, 11) is 4.72. The Morgan fingerprint density at radius 2 is 1.52 bits per heavy atom. The zero-order valence-corrected chi connectivity index (χ0v) is 29.1. The smallest absolute Gasteiger partial charge is 0.227 e. The zero-order chi connectivity index (χ0) is 34.7. The molecule has 3 rings (SSSR count). The highest BCUT2D eigenvalue weighted by Crippen LogP contribution is 2.38. The van der Waals surface area contributed by atoms with E-state index in [-0.39, 0.29) is 36.9 Å². The number of methoxy groups -OCH3 is 3. The lowest BCUT2D eigenvalue weighted by Crippen LogP contribution is -2.38. The van der Waals surface area contributed by atoms with Crippen LogP contribution in [0.1, 0.15) is 40.4 Å². The normalized spacial score (nSPS) is 13.1. The largest absolute Gasteiger partial charge is 0.493 e. The Morgan fingerprint density at radius 1 is 0.854 bits per heavy atom. The number of nitrogens with zero attached hydrogens (tertiary/aromatic N) is 2. The molecule has 0 aliphatic carbocycles. The number of hydrogen-bond acceptors (Lipinski definition) is 10. The number of carbonyl (C=O) groups excluding carboxylic acids is 2. The number of amides is 1. The molecule has 1 aliphatic heterocycles. The Labute approximate surface area is 285 Å². The number of hydrogen-bond donors (Lipinski definition) is 0. The van der Waals surface area contributed by atoms with Gasteiger partial charge >= 0.3 is 0 Å². The molecule has 11 heteroatoms. The molecule has 11 nitrogen and oxygen atoms in total. The van der Waals surface area contributed by atoms with Crippen molar-refractivity contribution < 1.29 is 42.7 Å². The van der Waals surface area contributed by atoms with E-state index in [9.17, 15) is 9.59 Å². The fourth-order valence-electron chi connectivity index (χ4n) is 5.49. The van der Waals surface area contributed by atoms with Crippen LogP contribution >= 0.6 is 0 Å². The lowest BCUT2D eigenvalue weighted by atomic mass is 9.89. The van der Waals surface area contributed by atoms with Gasteiger partial charge in [0.2, 0.25) is 5.91 Å². The summed E-state index contributed by atoms with van der Waals surface area (Å²) < 4.78 is 39.8. The highest BCUT2D eigenvalue weighted by Gasteiger charge is 2.28. The van der Waals surface area contributed by atoms with Crippen LogP contribution in [0.3, 0.4) is 0 Å². The minimum atomic E-state index is -0.320. The van der Waals surface area contributed by atoms with Gasteiger partial charge in [0.05, 0.1) is 52.1 Å². The molecule has 0 N–H and O–H groups in total. The lowest BCUT2D eigenvalue weighted by molar-refractivity contribution is -0.131. The van der Waals surface area contributed by atoms with E-state index in [1.54, 1.807) is 62.6 Å². The Morgan fingerprint density at radius 3 is 2.12 bits per heavy atom. The maximum atomic E-state index is 14.5. The summed E-state index contributed by atoms with van der Waals surface area (Å²) in [6.45, 7) is 16.1. The molecular weight excluding hydrogens is 616 g/mol. The van der Waals surface area contributed by atoms with E-state index < -0.39 is 0 Å². The van der Waals surface area contributed by atoms with Crippen molar-refractivity contribution in [3.05, 3.63) is 71.8 Å². The minimum absolute atomic E-state index is 0.0606. The fourth-order valence-corrected chi connectivity index (χ4v) is 5.49. The SMILES string of the molecule is C=CCOc1cc(OCC=C)c(C(=O)c2ccc(OCCCN3CCOCC3)c(OC)c2)c(CC(=O)N(CCOC)CCOC)c1CC. The third-order valence-corrected chi connectivity index (χ3v) is 7.98. The Hall–Kier alpha value is -3.90. The second-order valence-corrected chi connectivity index (χ2v) is 11.2. The van der Waals surface area contributed by atoms with Gasteiger partial charge in [-0.05, 0) is 42.2 Å². The van der Waals surface area contributed by atoms with Crippen LogP contribution < -0.4 is 18.9 Å². The molecule has 0 aromatic heterocycles. The third kappa shape index (κ3) is 11.1. The topological polar surface area (TPSA) is 105 Å². The van der Waals surface area contributed by atoms with E-state index in [1.165, 1.54) is 0 Å². The minimum Gasteiger partial charge on any atom is -0.493 e. The van der Waals surface area contributed by atoms with E-state index in [0.29, 0.717) is 73.5 Å². The highest BCUT2D eigenvalue weighted by molar-refractivity contribution is 6.13. The monoisotopic (exact) mass is 668 g/mol. The second kappa shape index (κ2) is 21.1. The van der Waals surface area contributed by atoms with E-state index >= 15 is 0 Å². The molecule has 2 aromatic rings. The molecule has 0 unspecified atom stereocenters. The van der Waals surface area contributed by atoms with E-state index in [0.717, 1.165) is 44.8 Å². The van der Waals surface area contributed by atoms with Gasteiger partial charge in [-0.25, -0.2) is 0 Å². The Kier molecular flexibility index (Phi) is 17.0. The summed E-state index contributed by atoms with van der Waals surface area (Å²) in [5.41, 5.74) is 1.93. The van der Waals surface area contributed by atoms with Crippen molar-refractivity contribution in [2.45, 2.75) is 26.2 Å². The van der Waals surface area contributed by atoms with Gasteiger partial charge in [0, 0.05) is 58.6 Å². The van der Waals surface area contributed by atoms with Gasteiger partial charge < -0.3 is 38.1 Å². The van der Waals surface area contributed by atoms with E-state index in [1.807, 2.05) is 6.92 Å². The maximum Gasteiger partial charge on any atom is 0.227 e. The van der Waals surface area contributed by atoms with Gasteiger partial charge in [-0.2, -0.15) is 0 Å². The predicted octanol–water partition coefficient (Wildman–Crippen LogP) is 4.38. The number of benzene rings is 2. The third-order valence-electron chi connectivity index (χ3n) is 7.98.